The number of likely N-dealkylation sites (N-methyl/N-ethyl adjacent to an activating group) is 1. The maximum Gasteiger partial charge on any atom is 0.285 e. The zero-order valence-corrected chi connectivity index (χ0v) is 14.2. The lowest BCUT2D eigenvalue weighted by molar-refractivity contribution is -0.121. The minimum Gasteiger partial charge on any atom is -0.353 e. The molecule has 0 aromatic heterocycles. The number of hydrogen-bond donors (Lipinski definition) is 2. The van der Waals surface area contributed by atoms with Gasteiger partial charge in [0.05, 0.1) is 6.54 Å². The highest BCUT2D eigenvalue weighted by atomic mass is 32.2. The second-order valence-corrected chi connectivity index (χ2v) is 6.91. The van der Waals surface area contributed by atoms with Crippen LogP contribution in [-0.2, 0) is 14.8 Å². The van der Waals surface area contributed by atoms with Crippen molar-refractivity contribution in [2.75, 3.05) is 33.2 Å². The molecule has 0 saturated carbocycles. The third-order valence-electron chi connectivity index (χ3n) is 3.41. The van der Waals surface area contributed by atoms with Crippen LogP contribution in [0.3, 0.4) is 0 Å². The Hall–Kier alpha value is -1.93. The van der Waals surface area contributed by atoms with E-state index < -0.39 is 10.0 Å². The van der Waals surface area contributed by atoms with Crippen LogP contribution in [0.25, 0.3) is 0 Å². The Morgan fingerprint density at radius 3 is 2.70 bits per heavy atom. The first-order chi connectivity index (χ1) is 11.0. The van der Waals surface area contributed by atoms with Crippen LogP contribution in [0.5, 0.6) is 0 Å². The maximum absolute atomic E-state index is 12.0. The molecule has 8 heteroatoms. The molecule has 0 fully saturated rings. The van der Waals surface area contributed by atoms with Crippen LogP contribution in [0.2, 0.25) is 0 Å². The number of nitrogens with zero attached hydrogens (tertiary/aromatic N) is 2. The van der Waals surface area contributed by atoms with Gasteiger partial charge < -0.3 is 15.5 Å². The first kappa shape index (κ1) is 17.4. The molecule has 1 aromatic carbocycles. The number of amidine groups is 1. The molecule has 0 saturated heterocycles. The molecule has 0 radical (unpaired) electrons. The van der Waals surface area contributed by atoms with E-state index in [2.05, 4.69) is 22.0 Å². The summed E-state index contributed by atoms with van der Waals surface area (Å²) in [5.41, 5.74) is 0.535. The number of hydrogen-bond acceptors (Lipinski definition) is 5. The number of nitrogens with one attached hydrogen (secondary N) is 2. The Bertz CT molecular complexity index is 700. The summed E-state index contributed by atoms with van der Waals surface area (Å²) in [6, 6.07) is 6.63. The second-order valence-electron chi connectivity index (χ2n) is 5.34. The van der Waals surface area contributed by atoms with Gasteiger partial charge in [0.1, 0.15) is 4.90 Å². The normalized spacial score (nSPS) is 15.0. The van der Waals surface area contributed by atoms with Crippen molar-refractivity contribution in [1.29, 1.82) is 0 Å². The monoisotopic (exact) mass is 338 g/mol. The van der Waals surface area contributed by atoms with Crippen molar-refractivity contribution < 1.29 is 13.2 Å². The Kier molecular flexibility index (Phi) is 5.73. The molecule has 2 rings (SSSR count). The van der Waals surface area contributed by atoms with Crippen LogP contribution >= 0.6 is 0 Å². The van der Waals surface area contributed by atoms with Crippen molar-refractivity contribution in [3.8, 4) is 0 Å². The van der Waals surface area contributed by atoms with Gasteiger partial charge in [0.25, 0.3) is 10.0 Å². The summed E-state index contributed by atoms with van der Waals surface area (Å²) >= 11 is 0. The van der Waals surface area contributed by atoms with E-state index in [0.29, 0.717) is 24.5 Å². The van der Waals surface area contributed by atoms with Gasteiger partial charge in [0.15, 0.2) is 5.84 Å². The number of carbonyl (C=O) groups is 1. The van der Waals surface area contributed by atoms with Crippen LogP contribution in [-0.4, -0.2) is 58.3 Å². The molecule has 1 heterocycles. The molecule has 0 spiro atoms. The summed E-state index contributed by atoms with van der Waals surface area (Å²) in [6.07, 6.45) is 1.05. The summed E-state index contributed by atoms with van der Waals surface area (Å²) < 4.78 is 27.8. The third kappa shape index (κ3) is 4.29. The Balaban J connectivity index is 1.94. The first-order valence-electron chi connectivity index (χ1n) is 7.58. The fourth-order valence-corrected chi connectivity index (χ4v) is 3.55. The van der Waals surface area contributed by atoms with Gasteiger partial charge >= 0.3 is 0 Å². The van der Waals surface area contributed by atoms with E-state index in [4.69, 9.17) is 0 Å². The maximum atomic E-state index is 12.0. The molecule has 0 atom stereocenters. The number of carbonyl (C=O) groups excluding carboxylic acids is 1. The Morgan fingerprint density at radius 1 is 1.22 bits per heavy atom. The van der Waals surface area contributed by atoms with Crippen molar-refractivity contribution >= 4 is 21.8 Å². The molecule has 0 unspecified atom stereocenters. The number of benzene rings is 1. The molecule has 1 aliphatic rings. The van der Waals surface area contributed by atoms with Gasteiger partial charge in [-0.25, -0.2) is 0 Å². The van der Waals surface area contributed by atoms with Gasteiger partial charge in [0.2, 0.25) is 5.91 Å². The van der Waals surface area contributed by atoms with Crippen LogP contribution in [0.15, 0.2) is 33.6 Å². The zero-order valence-electron chi connectivity index (χ0n) is 13.4. The summed E-state index contributed by atoms with van der Waals surface area (Å²) in [7, 11) is -2.00. The summed E-state index contributed by atoms with van der Waals surface area (Å²) in [4.78, 5) is 13.7. The predicted molar refractivity (Wildman–Crippen MR) is 89.0 cm³/mol. The predicted octanol–water partition coefficient (Wildman–Crippen LogP) is 0.183. The molecule has 126 valence electrons. The minimum atomic E-state index is -3.66. The SMILES string of the molecule is CCCNCCNC(=O)CN(C)C1=NS(=O)(=O)c2ccccc21. The van der Waals surface area contributed by atoms with E-state index in [-0.39, 0.29) is 17.3 Å². The van der Waals surface area contributed by atoms with E-state index in [9.17, 15) is 13.2 Å². The molecule has 2 N–H and O–H groups in total. The van der Waals surface area contributed by atoms with E-state index >= 15 is 0 Å². The minimum absolute atomic E-state index is 0.0520. The molecule has 23 heavy (non-hydrogen) atoms. The lowest BCUT2D eigenvalue weighted by Gasteiger charge is -2.18. The van der Waals surface area contributed by atoms with Crippen LogP contribution < -0.4 is 10.6 Å². The molecule has 1 aliphatic heterocycles. The fourth-order valence-electron chi connectivity index (χ4n) is 2.30. The topological polar surface area (TPSA) is 90.9 Å². The van der Waals surface area contributed by atoms with E-state index in [1.807, 2.05) is 0 Å². The Morgan fingerprint density at radius 2 is 1.96 bits per heavy atom. The van der Waals surface area contributed by atoms with Crippen LogP contribution in [0.4, 0.5) is 0 Å². The van der Waals surface area contributed by atoms with Gasteiger partial charge in [-0.15, -0.1) is 4.40 Å². The average molecular weight is 338 g/mol. The highest BCUT2D eigenvalue weighted by molar-refractivity contribution is 7.90. The van der Waals surface area contributed by atoms with E-state index in [1.165, 1.54) is 6.07 Å². The highest BCUT2D eigenvalue weighted by Crippen LogP contribution is 2.26. The number of amides is 1. The van der Waals surface area contributed by atoms with Crippen molar-refractivity contribution in [3.05, 3.63) is 29.8 Å². The molecule has 1 amide bonds. The highest BCUT2D eigenvalue weighted by Gasteiger charge is 2.30. The molecule has 1 aromatic rings. The van der Waals surface area contributed by atoms with Crippen molar-refractivity contribution in [2.24, 2.45) is 4.40 Å². The first-order valence-corrected chi connectivity index (χ1v) is 9.02. The van der Waals surface area contributed by atoms with Crippen molar-refractivity contribution in [1.82, 2.24) is 15.5 Å². The van der Waals surface area contributed by atoms with Gasteiger partial charge in [-0.2, -0.15) is 8.42 Å². The van der Waals surface area contributed by atoms with Crippen LogP contribution in [0, 0.1) is 0 Å². The number of sulfonamides is 1. The largest absolute Gasteiger partial charge is 0.353 e. The summed E-state index contributed by atoms with van der Waals surface area (Å²) in [6.45, 7) is 4.29. The van der Waals surface area contributed by atoms with E-state index in [0.717, 1.165) is 13.0 Å². The molecule has 0 bridgehead atoms. The summed E-state index contributed by atoms with van der Waals surface area (Å²) in [5, 5.41) is 5.98. The Labute approximate surface area is 136 Å². The average Bonchev–Trinajstić information content (AvgIpc) is 2.79. The third-order valence-corrected chi connectivity index (χ3v) is 4.73. The fraction of sp³-hybridized carbons (Fsp3) is 0.467. The molecular weight excluding hydrogens is 316 g/mol. The van der Waals surface area contributed by atoms with Crippen molar-refractivity contribution in [3.63, 3.8) is 0 Å². The summed E-state index contributed by atoms with van der Waals surface area (Å²) in [5.74, 6) is 0.134. The molecule has 7 nitrogen and oxygen atoms in total. The lowest BCUT2D eigenvalue weighted by Crippen LogP contribution is -2.40. The van der Waals surface area contributed by atoms with Crippen molar-refractivity contribution in [2.45, 2.75) is 18.2 Å². The van der Waals surface area contributed by atoms with Gasteiger partial charge in [-0.05, 0) is 25.1 Å². The van der Waals surface area contributed by atoms with E-state index in [1.54, 1.807) is 30.1 Å². The molecular formula is C15H22N4O3S. The van der Waals surface area contributed by atoms with Gasteiger partial charge in [-0.3, -0.25) is 4.79 Å². The number of fused-ring (bicyclic) bond motifs is 1. The number of rotatable bonds is 7. The standard InChI is InChI=1S/C15H22N4O3S/c1-3-8-16-9-10-17-14(20)11-19(2)15-12-6-4-5-7-13(12)23(21,22)18-15/h4-7,16H,3,8-11H2,1-2H3,(H,17,20). The lowest BCUT2D eigenvalue weighted by atomic mass is 10.2. The van der Waals surface area contributed by atoms with Crippen LogP contribution in [0.1, 0.15) is 18.9 Å². The second kappa shape index (κ2) is 7.56. The quantitative estimate of drug-likeness (QED) is 0.692. The zero-order chi connectivity index (χ0) is 16.9. The van der Waals surface area contributed by atoms with Gasteiger partial charge in [0, 0.05) is 25.7 Å². The molecule has 0 aliphatic carbocycles. The van der Waals surface area contributed by atoms with Gasteiger partial charge in [-0.1, -0.05) is 19.1 Å². The smallest absolute Gasteiger partial charge is 0.285 e.